The standard InChI is InChI=1S/C23H29N3O2.ClH/c1-2-19-8-10-20(11-9-19)28-15-5-12-26-22-7-4-3-6-21(22)24-23(26)18-25-13-16-27-17-14-25;/h3-4,6-11H,2,5,12-18H2,1H3;1H. The first-order chi connectivity index (χ1) is 13.8. The molecule has 6 heteroatoms. The molecule has 0 spiro atoms. The molecule has 1 aliphatic heterocycles. The van der Waals surface area contributed by atoms with Crippen LogP contribution in [0.3, 0.4) is 0 Å². The predicted octanol–water partition coefficient (Wildman–Crippen LogP) is 4.32. The van der Waals surface area contributed by atoms with E-state index in [9.17, 15) is 0 Å². The van der Waals surface area contributed by atoms with Gasteiger partial charge >= 0.3 is 0 Å². The first-order valence-corrected chi connectivity index (χ1v) is 10.3. The number of nitrogens with zero attached hydrogens (tertiary/aromatic N) is 3. The smallest absolute Gasteiger partial charge is 0.124 e. The summed E-state index contributed by atoms with van der Waals surface area (Å²) >= 11 is 0. The third kappa shape index (κ3) is 5.50. The summed E-state index contributed by atoms with van der Waals surface area (Å²) < 4.78 is 13.8. The Balaban J connectivity index is 0.00000240. The normalized spacial score (nSPS) is 14.7. The summed E-state index contributed by atoms with van der Waals surface area (Å²) in [6, 6.07) is 16.8. The number of hydrogen-bond donors (Lipinski definition) is 0. The first kappa shape index (κ1) is 21.6. The zero-order valence-electron chi connectivity index (χ0n) is 17.0. The van der Waals surface area contributed by atoms with E-state index in [4.69, 9.17) is 14.5 Å². The molecular weight excluding hydrogens is 386 g/mol. The minimum absolute atomic E-state index is 0. The Morgan fingerprint density at radius 2 is 1.79 bits per heavy atom. The summed E-state index contributed by atoms with van der Waals surface area (Å²) in [4.78, 5) is 7.33. The highest BCUT2D eigenvalue weighted by molar-refractivity contribution is 5.85. The second kappa shape index (κ2) is 10.6. The van der Waals surface area contributed by atoms with Crippen LogP contribution in [-0.4, -0.2) is 47.4 Å². The molecule has 1 aliphatic rings. The van der Waals surface area contributed by atoms with Gasteiger partial charge in [-0.2, -0.15) is 0 Å². The van der Waals surface area contributed by atoms with E-state index < -0.39 is 0 Å². The molecule has 0 aliphatic carbocycles. The average molecular weight is 416 g/mol. The quantitative estimate of drug-likeness (QED) is 0.513. The van der Waals surface area contributed by atoms with Crippen LogP contribution in [0.5, 0.6) is 5.75 Å². The van der Waals surface area contributed by atoms with Crippen LogP contribution >= 0.6 is 12.4 Å². The van der Waals surface area contributed by atoms with E-state index in [0.717, 1.165) is 69.3 Å². The van der Waals surface area contributed by atoms with Gasteiger partial charge in [0.25, 0.3) is 0 Å². The number of para-hydroxylation sites is 2. The maximum Gasteiger partial charge on any atom is 0.124 e. The van der Waals surface area contributed by atoms with E-state index in [2.05, 4.69) is 64.9 Å². The lowest BCUT2D eigenvalue weighted by Crippen LogP contribution is -2.36. The van der Waals surface area contributed by atoms with Crippen LogP contribution in [0.4, 0.5) is 0 Å². The highest BCUT2D eigenvalue weighted by Gasteiger charge is 2.16. The molecular formula is C23H30ClN3O2. The summed E-state index contributed by atoms with van der Waals surface area (Å²) in [7, 11) is 0. The number of aromatic nitrogens is 2. The molecule has 1 fully saturated rings. The van der Waals surface area contributed by atoms with Crippen LogP contribution in [0.1, 0.15) is 24.7 Å². The summed E-state index contributed by atoms with van der Waals surface area (Å²) in [6.45, 7) is 8.22. The molecule has 0 N–H and O–H groups in total. The van der Waals surface area contributed by atoms with Crippen LogP contribution in [0.25, 0.3) is 11.0 Å². The van der Waals surface area contributed by atoms with E-state index in [1.807, 2.05) is 0 Å². The number of halogens is 1. The van der Waals surface area contributed by atoms with Crippen LogP contribution in [0.2, 0.25) is 0 Å². The molecule has 156 valence electrons. The number of aryl methyl sites for hydroxylation is 2. The fraction of sp³-hybridized carbons (Fsp3) is 0.435. The lowest BCUT2D eigenvalue weighted by atomic mass is 10.2. The molecule has 2 heterocycles. The van der Waals surface area contributed by atoms with Crippen molar-refractivity contribution >= 4 is 23.4 Å². The fourth-order valence-corrected chi connectivity index (χ4v) is 3.69. The highest BCUT2D eigenvalue weighted by Crippen LogP contribution is 2.19. The Morgan fingerprint density at radius 1 is 1.03 bits per heavy atom. The number of imidazole rings is 1. The van der Waals surface area contributed by atoms with Crippen molar-refractivity contribution in [1.29, 1.82) is 0 Å². The molecule has 3 aromatic rings. The number of morpholine rings is 1. The van der Waals surface area contributed by atoms with E-state index in [1.165, 1.54) is 11.1 Å². The number of hydrogen-bond acceptors (Lipinski definition) is 4. The van der Waals surface area contributed by atoms with E-state index >= 15 is 0 Å². The average Bonchev–Trinajstić information content (AvgIpc) is 3.09. The monoisotopic (exact) mass is 415 g/mol. The highest BCUT2D eigenvalue weighted by atomic mass is 35.5. The molecule has 5 nitrogen and oxygen atoms in total. The van der Waals surface area contributed by atoms with E-state index in [1.54, 1.807) is 0 Å². The Morgan fingerprint density at radius 3 is 2.55 bits per heavy atom. The molecule has 0 unspecified atom stereocenters. The Labute approximate surface area is 179 Å². The minimum Gasteiger partial charge on any atom is -0.494 e. The van der Waals surface area contributed by atoms with Gasteiger partial charge < -0.3 is 14.0 Å². The van der Waals surface area contributed by atoms with Crippen molar-refractivity contribution < 1.29 is 9.47 Å². The van der Waals surface area contributed by atoms with Crippen molar-refractivity contribution in [1.82, 2.24) is 14.5 Å². The largest absolute Gasteiger partial charge is 0.494 e. The molecule has 4 rings (SSSR count). The third-order valence-corrected chi connectivity index (χ3v) is 5.33. The van der Waals surface area contributed by atoms with E-state index in [-0.39, 0.29) is 12.4 Å². The Hall–Kier alpha value is -2.08. The number of benzene rings is 2. The van der Waals surface area contributed by atoms with Crippen LogP contribution in [0.15, 0.2) is 48.5 Å². The van der Waals surface area contributed by atoms with Crippen molar-refractivity contribution in [2.24, 2.45) is 0 Å². The van der Waals surface area contributed by atoms with Gasteiger partial charge in [0.05, 0.1) is 37.4 Å². The van der Waals surface area contributed by atoms with Gasteiger partial charge in [-0.3, -0.25) is 4.90 Å². The van der Waals surface area contributed by atoms with Gasteiger partial charge in [0, 0.05) is 19.6 Å². The lowest BCUT2D eigenvalue weighted by molar-refractivity contribution is 0.0326. The second-order valence-electron chi connectivity index (χ2n) is 7.26. The van der Waals surface area contributed by atoms with Crippen LogP contribution in [0, 0.1) is 0 Å². The van der Waals surface area contributed by atoms with Gasteiger partial charge in [-0.1, -0.05) is 31.2 Å². The maximum atomic E-state index is 5.95. The zero-order valence-corrected chi connectivity index (χ0v) is 17.9. The summed E-state index contributed by atoms with van der Waals surface area (Å²) in [6.07, 6.45) is 2.01. The van der Waals surface area contributed by atoms with Gasteiger partial charge in [0.1, 0.15) is 11.6 Å². The number of ether oxygens (including phenoxy) is 2. The molecule has 1 saturated heterocycles. The van der Waals surface area contributed by atoms with Crippen molar-refractivity contribution in [2.45, 2.75) is 32.9 Å². The predicted molar refractivity (Wildman–Crippen MR) is 119 cm³/mol. The second-order valence-corrected chi connectivity index (χ2v) is 7.26. The summed E-state index contributed by atoms with van der Waals surface area (Å²) in [5, 5.41) is 0. The van der Waals surface area contributed by atoms with Gasteiger partial charge in [-0.25, -0.2) is 4.98 Å². The Kier molecular flexibility index (Phi) is 7.92. The SMILES string of the molecule is CCc1ccc(OCCCn2c(CN3CCOCC3)nc3ccccc32)cc1.Cl. The lowest BCUT2D eigenvalue weighted by Gasteiger charge is -2.26. The van der Waals surface area contributed by atoms with Crippen molar-refractivity contribution in [3.05, 3.63) is 59.9 Å². The van der Waals surface area contributed by atoms with Crippen LogP contribution < -0.4 is 4.74 Å². The molecule has 0 radical (unpaired) electrons. The molecule has 0 bridgehead atoms. The van der Waals surface area contributed by atoms with Crippen molar-refractivity contribution in [3.63, 3.8) is 0 Å². The number of fused-ring (bicyclic) bond motifs is 1. The number of rotatable bonds is 8. The van der Waals surface area contributed by atoms with Crippen molar-refractivity contribution in [3.8, 4) is 5.75 Å². The third-order valence-electron chi connectivity index (χ3n) is 5.33. The molecule has 0 saturated carbocycles. The topological polar surface area (TPSA) is 39.5 Å². The first-order valence-electron chi connectivity index (χ1n) is 10.3. The van der Waals surface area contributed by atoms with Crippen LogP contribution in [-0.2, 0) is 24.2 Å². The molecule has 29 heavy (non-hydrogen) atoms. The van der Waals surface area contributed by atoms with Gasteiger partial charge in [0.15, 0.2) is 0 Å². The van der Waals surface area contributed by atoms with E-state index in [0.29, 0.717) is 6.61 Å². The summed E-state index contributed by atoms with van der Waals surface area (Å²) in [5.74, 6) is 2.08. The molecule has 2 aromatic carbocycles. The maximum absolute atomic E-state index is 5.95. The van der Waals surface area contributed by atoms with Crippen molar-refractivity contribution in [2.75, 3.05) is 32.9 Å². The molecule has 0 atom stereocenters. The van der Waals surface area contributed by atoms with Gasteiger partial charge in [-0.05, 0) is 42.7 Å². The zero-order chi connectivity index (χ0) is 19.2. The molecule has 0 amide bonds. The Bertz CT molecular complexity index is 889. The summed E-state index contributed by atoms with van der Waals surface area (Å²) in [5.41, 5.74) is 3.62. The molecule has 1 aromatic heterocycles. The van der Waals surface area contributed by atoms with Gasteiger partial charge in [-0.15, -0.1) is 12.4 Å². The minimum atomic E-state index is 0. The fourth-order valence-electron chi connectivity index (χ4n) is 3.69. The van der Waals surface area contributed by atoms with Gasteiger partial charge in [0.2, 0.25) is 0 Å².